The van der Waals surface area contributed by atoms with Crippen molar-refractivity contribution >= 4 is 12.1 Å². The average molecular weight is 169 g/mol. The maximum absolute atomic E-state index is 10.6. The first-order valence-corrected chi connectivity index (χ1v) is 3.80. The minimum Gasteiger partial charge on any atom is -0.368 e. The molecule has 0 spiro atoms. The van der Waals surface area contributed by atoms with E-state index in [1.165, 1.54) is 0 Å². The molecular formula is C8H15N3O. The summed E-state index contributed by atoms with van der Waals surface area (Å²) in [6, 6.07) is -0.639. The Morgan fingerprint density at radius 2 is 2.17 bits per heavy atom. The van der Waals surface area contributed by atoms with Crippen LogP contribution in [0.2, 0.25) is 0 Å². The first-order chi connectivity index (χ1) is 5.61. The van der Waals surface area contributed by atoms with Gasteiger partial charge in [-0.1, -0.05) is 6.08 Å². The van der Waals surface area contributed by atoms with Gasteiger partial charge in [-0.3, -0.25) is 9.79 Å². The third-order valence-electron chi connectivity index (χ3n) is 1.42. The zero-order valence-electron chi connectivity index (χ0n) is 7.45. The molecule has 0 heterocycles. The number of hydrogen-bond acceptors (Lipinski definition) is 3. The predicted molar refractivity (Wildman–Crippen MR) is 49.7 cm³/mol. The Morgan fingerprint density at radius 1 is 1.58 bits per heavy atom. The van der Waals surface area contributed by atoms with Gasteiger partial charge >= 0.3 is 0 Å². The maximum Gasteiger partial charge on any atom is 0.234 e. The highest BCUT2D eigenvalue weighted by Crippen LogP contribution is 2.04. The fraction of sp³-hybridized carbons (Fsp3) is 0.500. The highest BCUT2D eigenvalue weighted by molar-refractivity contribution is 5.79. The van der Waals surface area contributed by atoms with Crippen LogP contribution < -0.4 is 11.5 Å². The van der Waals surface area contributed by atoms with Crippen molar-refractivity contribution in [3.63, 3.8) is 0 Å². The fourth-order valence-corrected chi connectivity index (χ4v) is 0.737. The summed E-state index contributed by atoms with van der Waals surface area (Å²) in [5.74, 6) is -0.499. The Morgan fingerprint density at radius 3 is 2.50 bits per heavy atom. The van der Waals surface area contributed by atoms with Crippen molar-refractivity contribution in [2.45, 2.75) is 26.3 Å². The van der Waals surface area contributed by atoms with E-state index in [1.54, 1.807) is 13.1 Å². The van der Waals surface area contributed by atoms with Crippen LogP contribution in [-0.4, -0.2) is 18.2 Å². The Labute approximate surface area is 72.3 Å². The zero-order valence-corrected chi connectivity index (χ0v) is 7.45. The fourth-order valence-electron chi connectivity index (χ4n) is 0.737. The summed E-state index contributed by atoms with van der Waals surface area (Å²) in [6.07, 6.45) is 3.86. The summed E-state index contributed by atoms with van der Waals surface area (Å²) in [6.45, 7) is 3.65. The number of aliphatic imine (C=N–C) groups is 1. The van der Waals surface area contributed by atoms with Gasteiger partial charge in [-0.25, -0.2) is 0 Å². The molecule has 0 aromatic carbocycles. The molecule has 0 aliphatic heterocycles. The molecule has 0 bridgehead atoms. The van der Waals surface area contributed by atoms with E-state index < -0.39 is 11.9 Å². The monoisotopic (exact) mass is 169 g/mol. The van der Waals surface area contributed by atoms with Gasteiger partial charge in [0.15, 0.2) is 0 Å². The summed E-state index contributed by atoms with van der Waals surface area (Å²) in [4.78, 5) is 14.6. The molecule has 12 heavy (non-hydrogen) atoms. The normalized spacial score (nSPS) is 15.1. The predicted octanol–water partition coefficient (Wildman–Crippen LogP) is 0.184. The third kappa shape index (κ3) is 3.88. The molecule has 0 fully saturated rings. The van der Waals surface area contributed by atoms with Gasteiger partial charge in [-0.05, 0) is 13.8 Å². The van der Waals surface area contributed by atoms with Crippen molar-refractivity contribution in [3.05, 3.63) is 11.8 Å². The number of allylic oxidation sites excluding steroid dienone is 1. The van der Waals surface area contributed by atoms with E-state index in [-0.39, 0.29) is 0 Å². The Balaban J connectivity index is 4.13. The van der Waals surface area contributed by atoms with E-state index in [4.69, 9.17) is 11.5 Å². The van der Waals surface area contributed by atoms with Gasteiger partial charge in [0, 0.05) is 18.3 Å². The Kier molecular flexibility index (Phi) is 4.96. The second-order valence-corrected chi connectivity index (χ2v) is 2.38. The summed E-state index contributed by atoms with van der Waals surface area (Å²) in [7, 11) is 0. The van der Waals surface area contributed by atoms with E-state index >= 15 is 0 Å². The minimum absolute atomic E-state index is 0.399. The second kappa shape index (κ2) is 5.49. The lowest BCUT2D eigenvalue weighted by Gasteiger charge is -2.06. The van der Waals surface area contributed by atoms with E-state index in [2.05, 4.69) is 4.99 Å². The molecule has 4 heteroatoms. The lowest BCUT2D eigenvalue weighted by atomic mass is 10.1. The molecule has 1 amide bonds. The topological polar surface area (TPSA) is 81.5 Å². The van der Waals surface area contributed by atoms with Gasteiger partial charge < -0.3 is 11.5 Å². The molecule has 0 aliphatic carbocycles. The molecule has 68 valence electrons. The van der Waals surface area contributed by atoms with Crippen LogP contribution >= 0.6 is 0 Å². The molecule has 0 saturated heterocycles. The SMILES string of the molecule is C/C=N\C(=C/C)C[C@@H](N)C(N)=O. The molecule has 0 aliphatic rings. The molecule has 0 rings (SSSR count). The van der Waals surface area contributed by atoms with E-state index in [0.717, 1.165) is 5.70 Å². The summed E-state index contributed by atoms with van der Waals surface area (Å²) in [5, 5.41) is 0. The quantitative estimate of drug-likeness (QED) is 0.589. The highest BCUT2D eigenvalue weighted by Gasteiger charge is 2.09. The zero-order chi connectivity index (χ0) is 9.56. The Bertz CT molecular complexity index is 208. The summed E-state index contributed by atoms with van der Waals surface area (Å²) >= 11 is 0. The molecule has 0 aromatic rings. The highest BCUT2D eigenvalue weighted by atomic mass is 16.1. The summed E-state index contributed by atoms with van der Waals surface area (Å²) in [5.41, 5.74) is 11.2. The molecule has 0 aromatic heterocycles. The van der Waals surface area contributed by atoms with Crippen LogP contribution in [0.4, 0.5) is 0 Å². The first kappa shape index (κ1) is 10.8. The van der Waals surface area contributed by atoms with Gasteiger partial charge in [0.25, 0.3) is 0 Å². The van der Waals surface area contributed by atoms with Crippen molar-refractivity contribution in [2.24, 2.45) is 16.5 Å². The maximum atomic E-state index is 10.6. The van der Waals surface area contributed by atoms with E-state index in [9.17, 15) is 4.79 Å². The number of hydrogen-bond donors (Lipinski definition) is 2. The molecule has 1 atom stereocenters. The molecule has 0 radical (unpaired) electrons. The van der Waals surface area contributed by atoms with Crippen molar-refractivity contribution in [1.29, 1.82) is 0 Å². The lowest BCUT2D eigenvalue weighted by molar-refractivity contribution is -0.119. The molecule has 4 N–H and O–H groups in total. The van der Waals surface area contributed by atoms with Gasteiger partial charge in [-0.15, -0.1) is 0 Å². The lowest BCUT2D eigenvalue weighted by Crippen LogP contribution is -2.36. The largest absolute Gasteiger partial charge is 0.368 e. The van der Waals surface area contributed by atoms with Crippen LogP contribution in [0, 0.1) is 0 Å². The summed E-state index contributed by atoms with van der Waals surface area (Å²) < 4.78 is 0. The number of primary amides is 1. The van der Waals surface area contributed by atoms with Gasteiger partial charge in [-0.2, -0.15) is 0 Å². The van der Waals surface area contributed by atoms with Crippen molar-refractivity contribution in [1.82, 2.24) is 0 Å². The van der Waals surface area contributed by atoms with Crippen molar-refractivity contribution in [3.8, 4) is 0 Å². The number of nitrogens with zero attached hydrogens (tertiary/aromatic N) is 1. The molecular weight excluding hydrogens is 154 g/mol. The first-order valence-electron chi connectivity index (χ1n) is 3.80. The van der Waals surface area contributed by atoms with Crippen LogP contribution in [0.3, 0.4) is 0 Å². The van der Waals surface area contributed by atoms with Gasteiger partial charge in [0.1, 0.15) is 0 Å². The van der Waals surface area contributed by atoms with E-state index in [1.807, 2.05) is 13.0 Å². The van der Waals surface area contributed by atoms with Crippen LogP contribution in [-0.2, 0) is 4.79 Å². The van der Waals surface area contributed by atoms with Crippen molar-refractivity contribution < 1.29 is 4.79 Å². The number of amides is 1. The number of carbonyl (C=O) groups excluding carboxylic acids is 1. The minimum atomic E-state index is -0.639. The van der Waals surface area contributed by atoms with Crippen LogP contribution in [0.25, 0.3) is 0 Å². The Hall–Kier alpha value is -1.16. The third-order valence-corrected chi connectivity index (χ3v) is 1.42. The molecule has 0 unspecified atom stereocenters. The van der Waals surface area contributed by atoms with Crippen LogP contribution in [0.15, 0.2) is 16.8 Å². The van der Waals surface area contributed by atoms with Crippen molar-refractivity contribution in [2.75, 3.05) is 0 Å². The van der Waals surface area contributed by atoms with Gasteiger partial charge in [0.05, 0.1) is 6.04 Å². The second-order valence-electron chi connectivity index (χ2n) is 2.38. The van der Waals surface area contributed by atoms with Crippen LogP contribution in [0.1, 0.15) is 20.3 Å². The van der Waals surface area contributed by atoms with E-state index in [0.29, 0.717) is 6.42 Å². The number of nitrogens with two attached hydrogens (primary N) is 2. The smallest absolute Gasteiger partial charge is 0.234 e. The number of rotatable bonds is 4. The van der Waals surface area contributed by atoms with Gasteiger partial charge in [0.2, 0.25) is 5.91 Å². The van der Waals surface area contributed by atoms with Crippen LogP contribution in [0.5, 0.6) is 0 Å². The average Bonchev–Trinajstić information content (AvgIpc) is 2.03. The molecule has 4 nitrogen and oxygen atoms in total. The standard InChI is InChI=1S/C8H15N3O/c1-3-6(11-4-2)5-7(9)8(10)12/h3-4,7H,5,9H2,1-2H3,(H2,10,12)/b6-3-,11-4-/t7-/m1/s1. The number of carbonyl (C=O) groups is 1. The molecule has 0 saturated carbocycles.